The van der Waals surface area contributed by atoms with Crippen LogP contribution in [0.5, 0.6) is 0 Å². The lowest BCUT2D eigenvalue weighted by Gasteiger charge is -2.11. The van der Waals surface area contributed by atoms with Crippen LogP contribution >= 0.6 is 0 Å². The molecule has 0 aliphatic rings. The smallest absolute Gasteiger partial charge is 0.322 e. The molecule has 0 saturated heterocycles. The summed E-state index contributed by atoms with van der Waals surface area (Å²) in [7, 11) is 0. The van der Waals surface area contributed by atoms with Gasteiger partial charge >= 0.3 is 11.9 Å². The van der Waals surface area contributed by atoms with E-state index in [0.717, 1.165) is 64.2 Å². The van der Waals surface area contributed by atoms with Crippen LogP contribution in [0.25, 0.3) is 0 Å². The number of rotatable bonds is 35. The maximum atomic E-state index is 12.5. The summed E-state index contributed by atoms with van der Waals surface area (Å²) in [6.45, 7) is 4.03. The molecule has 0 aliphatic carbocycles. The zero-order valence-electron chi connectivity index (χ0n) is 32.0. The van der Waals surface area contributed by atoms with Crippen molar-refractivity contribution in [3.05, 3.63) is 72.9 Å². The van der Waals surface area contributed by atoms with Gasteiger partial charge in [0, 0.05) is 12.8 Å². The van der Waals surface area contributed by atoms with E-state index in [9.17, 15) is 14.4 Å². The number of esters is 1. The van der Waals surface area contributed by atoms with Crippen molar-refractivity contribution in [2.75, 3.05) is 6.54 Å². The first-order valence-corrected chi connectivity index (χ1v) is 20.1. The molecule has 0 aromatic rings. The van der Waals surface area contributed by atoms with Crippen LogP contribution in [-0.4, -0.2) is 35.6 Å². The van der Waals surface area contributed by atoms with Crippen LogP contribution < -0.4 is 5.32 Å². The summed E-state index contributed by atoms with van der Waals surface area (Å²) in [6.07, 6.45) is 52.3. The number of carboxylic acids is 1. The number of unbranched alkanes of at least 4 members (excludes halogenated alkanes) is 16. The van der Waals surface area contributed by atoms with E-state index in [-0.39, 0.29) is 24.5 Å². The Morgan fingerprint density at radius 2 is 1.00 bits per heavy atom. The highest BCUT2D eigenvalue weighted by Gasteiger charge is 2.09. The number of allylic oxidation sites excluding steroid dienone is 10. The van der Waals surface area contributed by atoms with E-state index in [4.69, 9.17) is 9.84 Å². The van der Waals surface area contributed by atoms with Gasteiger partial charge < -0.3 is 15.2 Å². The van der Waals surface area contributed by atoms with Gasteiger partial charge in [0.15, 0.2) is 0 Å². The molecule has 0 aliphatic heterocycles. The van der Waals surface area contributed by atoms with Crippen molar-refractivity contribution in [2.24, 2.45) is 0 Å². The van der Waals surface area contributed by atoms with E-state index >= 15 is 0 Å². The number of amides is 1. The Morgan fingerprint density at radius 1 is 0.540 bits per heavy atom. The number of aliphatic carboxylic acids is 1. The van der Waals surface area contributed by atoms with Gasteiger partial charge in [-0.25, -0.2) is 0 Å². The SMILES string of the molecule is CC/C=C\C/C=C\C(/C=C\CCCCCC(=O)NCC(=O)O)OC(=O)CCCCCCCCCC/C=C\C/C=C\C/C=C\CCCCCCC. The number of carbonyl (C=O) groups is 3. The minimum absolute atomic E-state index is 0.148. The molecule has 2 N–H and O–H groups in total. The fourth-order valence-electron chi connectivity index (χ4n) is 5.36. The van der Waals surface area contributed by atoms with Crippen LogP contribution in [0.4, 0.5) is 0 Å². The van der Waals surface area contributed by atoms with Gasteiger partial charge in [-0.3, -0.25) is 14.4 Å². The molecule has 1 unspecified atom stereocenters. The fraction of sp³-hybridized carbons (Fsp3) is 0.659. The molecule has 0 fully saturated rings. The zero-order valence-corrected chi connectivity index (χ0v) is 32.0. The van der Waals surface area contributed by atoms with E-state index in [1.807, 2.05) is 24.3 Å². The Labute approximate surface area is 306 Å². The van der Waals surface area contributed by atoms with Crippen LogP contribution in [0.1, 0.15) is 174 Å². The van der Waals surface area contributed by atoms with E-state index in [1.54, 1.807) is 0 Å². The second-order valence-electron chi connectivity index (χ2n) is 13.2. The average molecular weight is 696 g/mol. The highest BCUT2D eigenvalue weighted by atomic mass is 16.5. The fourth-order valence-corrected chi connectivity index (χ4v) is 5.36. The first-order chi connectivity index (χ1) is 24.5. The standard InChI is InChI=1S/C44H73NO5/c1-3-5-7-9-10-11-12-13-14-15-16-17-18-19-20-21-22-23-24-25-26-31-35-39-44(49)50-41(36-32-28-8-6-4-2)37-33-29-27-30-34-38-42(46)45-40-43(47)48/h6,8,12-13,15-16,18-19,32-33,36-37,41H,3-5,7,9-11,14,17,20-31,34-35,38-40H2,1-2H3,(H,45,46)(H,47,48)/b8-6-,13-12-,16-15-,19-18-,36-32-,37-33-. The van der Waals surface area contributed by atoms with Crippen molar-refractivity contribution in [2.45, 2.75) is 180 Å². The summed E-state index contributed by atoms with van der Waals surface area (Å²) in [6, 6.07) is 0. The van der Waals surface area contributed by atoms with Gasteiger partial charge in [-0.2, -0.15) is 0 Å². The third kappa shape index (κ3) is 37.7. The van der Waals surface area contributed by atoms with Gasteiger partial charge in [0.25, 0.3) is 0 Å². The molecular formula is C44H73NO5. The second-order valence-corrected chi connectivity index (χ2v) is 13.2. The van der Waals surface area contributed by atoms with Crippen LogP contribution in [0.15, 0.2) is 72.9 Å². The summed E-state index contributed by atoms with van der Waals surface area (Å²) in [5, 5.41) is 11.0. The maximum Gasteiger partial charge on any atom is 0.322 e. The van der Waals surface area contributed by atoms with Crippen LogP contribution in [0.2, 0.25) is 0 Å². The van der Waals surface area contributed by atoms with Gasteiger partial charge in [0.05, 0.1) is 0 Å². The predicted octanol–water partition coefficient (Wildman–Crippen LogP) is 12.2. The topological polar surface area (TPSA) is 92.7 Å². The monoisotopic (exact) mass is 696 g/mol. The third-order valence-corrected chi connectivity index (χ3v) is 8.33. The van der Waals surface area contributed by atoms with Crippen molar-refractivity contribution in [3.63, 3.8) is 0 Å². The normalized spacial score (nSPS) is 12.8. The Bertz CT molecular complexity index is 990. The van der Waals surface area contributed by atoms with Gasteiger partial charge in [-0.15, -0.1) is 0 Å². The summed E-state index contributed by atoms with van der Waals surface area (Å²) in [5.74, 6) is -1.41. The first-order valence-electron chi connectivity index (χ1n) is 20.1. The zero-order chi connectivity index (χ0) is 36.6. The number of ether oxygens (including phenoxy) is 1. The summed E-state index contributed by atoms with van der Waals surface area (Å²) in [4.78, 5) is 34.7. The minimum Gasteiger partial charge on any atom is -0.480 e. The number of hydrogen-bond donors (Lipinski definition) is 2. The van der Waals surface area contributed by atoms with Crippen LogP contribution in [0, 0.1) is 0 Å². The highest BCUT2D eigenvalue weighted by molar-refractivity contribution is 5.80. The van der Waals surface area contributed by atoms with Crippen molar-refractivity contribution >= 4 is 17.8 Å². The molecule has 0 aromatic carbocycles. The number of hydrogen-bond acceptors (Lipinski definition) is 4. The van der Waals surface area contributed by atoms with Gasteiger partial charge in [-0.1, -0.05) is 145 Å². The lowest BCUT2D eigenvalue weighted by molar-refractivity contribution is -0.145. The molecule has 1 amide bonds. The highest BCUT2D eigenvalue weighted by Crippen LogP contribution is 2.13. The van der Waals surface area contributed by atoms with E-state index in [0.29, 0.717) is 12.8 Å². The lowest BCUT2D eigenvalue weighted by Crippen LogP contribution is -2.28. The van der Waals surface area contributed by atoms with Gasteiger partial charge in [-0.05, 0) is 89.2 Å². The molecule has 1 atom stereocenters. The molecule has 0 spiro atoms. The predicted molar refractivity (Wildman–Crippen MR) is 212 cm³/mol. The number of carboxylic acid groups (broad SMARTS) is 1. The molecule has 0 heterocycles. The Hall–Kier alpha value is -3.15. The molecular weight excluding hydrogens is 622 g/mol. The number of nitrogens with one attached hydrogen (secondary N) is 1. The Balaban J connectivity index is 3.96. The van der Waals surface area contributed by atoms with Crippen molar-refractivity contribution < 1.29 is 24.2 Å². The van der Waals surface area contributed by atoms with Crippen LogP contribution in [-0.2, 0) is 19.1 Å². The van der Waals surface area contributed by atoms with Crippen molar-refractivity contribution in [3.8, 4) is 0 Å². The Kier molecular flexibility index (Phi) is 36.2. The quantitative estimate of drug-likeness (QED) is 0.0391. The molecule has 6 nitrogen and oxygen atoms in total. The van der Waals surface area contributed by atoms with Crippen molar-refractivity contribution in [1.29, 1.82) is 0 Å². The van der Waals surface area contributed by atoms with E-state index in [2.05, 4.69) is 67.8 Å². The lowest BCUT2D eigenvalue weighted by atomic mass is 10.1. The molecule has 50 heavy (non-hydrogen) atoms. The molecule has 0 saturated carbocycles. The molecule has 0 aromatic heterocycles. The second kappa shape index (κ2) is 38.6. The molecule has 6 heteroatoms. The molecule has 284 valence electrons. The molecule has 0 rings (SSSR count). The summed E-state index contributed by atoms with van der Waals surface area (Å²) in [5.41, 5.74) is 0. The average Bonchev–Trinajstić information content (AvgIpc) is 3.10. The first kappa shape index (κ1) is 46.9. The summed E-state index contributed by atoms with van der Waals surface area (Å²) < 4.78 is 5.76. The Morgan fingerprint density at radius 3 is 1.60 bits per heavy atom. The summed E-state index contributed by atoms with van der Waals surface area (Å²) >= 11 is 0. The van der Waals surface area contributed by atoms with Gasteiger partial charge in [0.2, 0.25) is 5.91 Å². The van der Waals surface area contributed by atoms with E-state index < -0.39 is 5.97 Å². The maximum absolute atomic E-state index is 12.5. The van der Waals surface area contributed by atoms with E-state index in [1.165, 1.54) is 83.5 Å². The van der Waals surface area contributed by atoms with Crippen molar-refractivity contribution in [1.82, 2.24) is 5.32 Å². The minimum atomic E-state index is -1.04. The number of carbonyl (C=O) groups excluding carboxylic acids is 2. The largest absolute Gasteiger partial charge is 0.480 e. The molecule has 0 bridgehead atoms. The van der Waals surface area contributed by atoms with Crippen LogP contribution in [0.3, 0.4) is 0 Å². The molecule has 0 radical (unpaired) electrons. The van der Waals surface area contributed by atoms with Gasteiger partial charge in [0.1, 0.15) is 12.6 Å². The third-order valence-electron chi connectivity index (χ3n) is 8.33.